The fourth-order valence-corrected chi connectivity index (χ4v) is 2.85. The van der Waals surface area contributed by atoms with Gasteiger partial charge >= 0.3 is 5.97 Å². The molecule has 1 aliphatic carbocycles. The van der Waals surface area contributed by atoms with Gasteiger partial charge in [-0.1, -0.05) is 37.1 Å². The molecule has 3 N–H and O–H groups in total. The number of carboxylic acids is 1. The molecule has 1 aromatic carbocycles. The Morgan fingerprint density at radius 2 is 1.67 bits per heavy atom. The number of carboxylic acid groups (broad SMARTS) is 1. The Balaban J connectivity index is 1.87. The minimum absolute atomic E-state index is 0.00618. The van der Waals surface area contributed by atoms with Crippen molar-refractivity contribution in [1.29, 1.82) is 0 Å². The van der Waals surface area contributed by atoms with Crippen LogP contribution in [0.4, 0.5) is 0 Å². The predicted octanol–water partition coefficient (Wildman–Crippen LogP) is 1.83. The number of carbonyl (C=O) groups is 2. The van der Waals surface area contributed by atoms with Gasteiger partial charge in [0.2, 0.25) is 5.91 Å². The van der Waals surface area contributed by atoms with E-state index in [1.807, 2.05) is 12.1 Å². The molecule has 1 fully saturated rings. The van der Waals surface area contributed by atoms with E-state index in [1.54, 1.807) is 12.1 Å². The van der Waals surface area contributed by atoms with Gasteiger partial charge in [-0.3, -0.25) is 9.59 Å². The summed E-state index contributed by atoms with van der Waals surface area (Å²) in [6, 6.07) is 7.29. The first-order valence-corrected chi connectivity index (χ1v) is 7.24. The minimum Gasteiger partial charge on any atom is -0.481 e. The molecule has 1 saturated carbocycles. The molecule has 1 aromatic rings. The summed E-state index contributed by atoms with van der Waals surface area (Å²) in [6.45, 7) is 0.369. The number of rotatable bonds is 6. The van der Waals surface area contributed by atoms with E-state index in [-0.39, 0.29) is 18.9 Å². The van der Waals surface area contributed by atoms with Crippen molar-refractivity contribution in [2.24, 2.45) is 5.41 Å². The van der Waals surface area contributed by atoms with Gasteiger partial charge in [0.1, 0.15) is 0 Å². The van der Waals surface area contributed by atoms with Crippen LogP contribution in [0.15, 0.2) is 24.3 Å². The van der Waals surface area contributed by atoms with Crippen molar-refractivity contribution in [3.63, 3.8) is 0 Å². The van der Waals surface area contributed by atoms with Gasteiger partial charge in [0.15, 0.2) is 0 Å². The van der Waals surface area contributed by atoms with Crippen molar-refractivity contribution in [1.82, 2.24) is 5.32 Å². The summed E-state index contributed by atoms with van der Waals surface area (Å²) in [6.07, 6.45) is 2.98. The molecule has 0 saturated heterocycles. The van der Waals surface area contributed by atoms with Gasteiger partial charge in [0.05, 0.1) is 12.0 Å². The molecule has 5 nitrogen and oxygen atoms in total. The molecule has 0 bridgehead atoms. The highest BCUT2D eigenvalue weighted by Crippen LogP contribution is 2.41. The fraction of sp³-hybridized carbons (Fsp3) is 0.500. The standard InChI is InChI=1S/C16H21NO4/c18-11-13-5-3-12(4-6-13)10-17-14(19)9-16(15(20)21)7-1-2-8-16/h3-6,18H,1-2,7-11H2,(H,17,19)(H,20,21). The highest BCUT2D eigenvalue weighted by molar-refractivity contribution is 5.85. The summed E-state index contributed by atoms with van der Waals surface area (Å²) in [7, 11) is 0. The normalized spacial score (nSPS) is 16.6. The Morgan fingerprint density at radius 1 is 1.10 bits per heavy atom. The lowest BCUT2D eigenvalue weighted by atomic mass is 9.82. The van der Waals surface area contributed by atoms with E-state index in [0.717, 1.165) is 24.0 Å². The van der Waals surface area contributed by atoms with Crippen LogP contribution in [0.3, 0.4) is 0 Å². The molecule has 0 aliphatic heterocycles. The van der Waals surface area contributed by atoms with E-state index >= 15 is 0 Å². The number of hydrogen-bond acceptors (Lipinski definition) is 3. The quantitative estimate of drug-likeness (QED) is 0.746. The molecule has 114 valence electrons. The lowest BCUT2D eigenvalue weighted by Crippen LogP contribution is -2.35. The molecule has 0 atom stereocenters. The molecule has 1 amide bonds. The van der Waals surface area contributed by atoms with E-state index in [4.69, 9.17) is 5.11 Å². The molecular formula is C16H21NO4. The molecule has 0 radical (unpaired) electrons. The summed E-state index contributed by atoms with van der Waals surface area (Å²) in [5.41, 5.74) is 0.877. The van der Waals surface area contributed by atoms with Gasteiger partial charge < -0.3 is 15.5 Å². The Bertz CT molecular complexity index is 504. The van der Waals surface area contributed by atoms with E-state index in [2.05, 4.69) is 5.32 Å². The maximum atomic E-state index is 12.0. The van der Waals surface area contributed by atoms with Crippen LogP contribution < -0.4 is 5.32 Å². The SMILES string of the molecule is O=C(CC1(C(=O)O)CCCC1)NCc1ccc(CO)cc1. The van der Waals surface area contributed by atoms with Gasteiger partial charge in [-0.2, -0.15) is 0 Å². The van der Waals surface area contributed by atoms with E-state index in [0.29, 0.717) is 19.4 Å². The minimum atomic E-state index is -0.870. The van der Waals surface area contributed by atoms with Gasteiger partial charge in [-0.25, -0.2) is 0 Å². The van der Waals surface area contributed by atoms with Crippen molar-refractivity contribution in [2.45, 2.75) is 45.3 Å². The molecular weight excluding hydrogens is 270 g/mol. The lowest BCUT2D eigenvalue weighted by molar-refractivity contribution is -0.151. The molecule has 5 heteroatoms. The summed E-state index contributed by atoms with van der Waals surface area (Å²) in [5, 5.41) is 21.1. The fourth-order valence-electron chi connectivity index (χ4n) is 2.85. The number of aliphatic carboxylic acids is 1. The summed E-state index contributed by atoms with van der Waals surface area (Å²) < 4.78 is 0. The predicted molar refractivity (Wildman–Crippen MR) is 77.4 cm³/mol. The number of nitrogens with one attached hydrogen (secondary N) is 1. The molecule has 21 heavy (non-hydrogen) atoms. The van der Waals surface area contributed by atoms with Crippen molar-refractivity contribution < 1.29 is 19.8 Å². The number of benzene rings is 1. The van der Waals surface area contributed by atoms with Crippen LogP contribution in [-0.2, 0) is 22.7 Å². The smallest absolute Gasteiger partial charge is 0.310 e. The maximum absolute atomic E-state index is 12.0. The van der Waals surface area contributed by atoms with E-state index in [9.17, 15) is 14.7 Å². The second-order valence-corrected chi connectivity index (χ2v) is 5.72. The molecule has 0 unspecified atom stereocenters. The van der Waals surface area contributed by atoms with Crippen LogP contribution in [0.1, 0.15) is 43.2 Å². The monoisotopic (exact) mass is 291 g/mol. The third kappa shape index (κ3) is 3.82. The number of amides is 1. The maximum Gasteiger partial charge on any atom is 0.310 e. The molecule has 2 rings (SSSR count). The van der Waals surface area contributed by atoms with Crippen molar-refractivity contribution in [3.05, 3.63) is 35.4 Å². The largest absolute Gasteiger partial charge is 0.481 e. The lowest BCUT2D eigenvalue weighted by Gasteiger charge is -2.22. The number of aliphatic hydroxyl groups is 1. The van der Waals surface area contributed by atoms with Gasteiger partial charge in [-0.05, 0) is 24.0 Å². The molecule has 1 aliphatic rings. The molecule has 0 spiro atoms. The van der Waals surface area contributed by atoms with Crippen LogP contribution >= 0.6 is 0 Å². The Labute approximate surface area is 124 Å². The van der Waals surface area contributed by atoms with E-state index in [1.165, 1.54) is 0 Å². The topological polar surface area (TPSA) is 86.6 Å². The average molecular weight is 291 g/mol. The molecule has 0 heterocycles. The zero-order valence-corrected chi connectivity index (χ0v) is 12.0. The number of carbonyl (C=O) groups excluding carboxylic acids is 1. The second kappa shape index (κ2) is 6.72. The zero-order chi connectivity index (χ0) is 15.3. The van der Waals surface area contributed by atoms with Gasteiger partial charge in [-0.15, -0.1) is 0 Å². The first kappa shape index (κ1) is 15.5. The van der Waals surface area contributed by atoms with Crippen LogP contribution in [0.25, 0.3) is 0 Å². The summed E-state index contributed by atoms with van der Waals surface area (Å²) in [5.74, 6) is -1.08. The highest BCUT2D eigenvalue weighted by atomic mass is 16.4. The zero-order valence-electron chi connectivity index (χ0n) is 12.0. The number of hydrogen-bond donors (Lipinski definition) is 3. The third-order valence-corrected chi connectivity index (χ3v) is 4.21. The van der Waals surface area contributed by atoms with Crippen LogP contribution in [0.2, 0.25) is 0 Å². The first-order valence-electron chi connectivity index (χ1n) is 7.24. The third-order valence-electron chi connectivity index (χ3n) is 4.21. The van der Waals surface area contributed by atoms with Crippen LogP contribution in [-0.4, -0.2) is 22.1 Å². The summed E-state index contributed by atoms with van der Waals surface area (Å²) in [4.78, 5) is 23.4. The average Bonchev–Trinajstić information content (AvgIpc) is 2.95. The first-order chi connectivity index (χ1) is 10.1. The summed E-state index contributed by atoms with van der Waals surface area (Å²) >= 11 is 0. The van der Waals surface area contributed by atoms with Crippen molar-refractivity contribution >= 4 is 11.9 Å². The highest BCUT2D eigenvalue weighted by Gasteiger charge is 2.42. The number of aliphatic hydroxyl groups excluding tert-OH is 1. The Hall–Kier alpha value is -1.88. The van der Waals surface area contributed by atoms with Gasteiger partial charge in [0, 0.05) is 13.0 Å². The van der Waals surface area contributed by atoms with Crippen molar-refractivity contribution in [2.75, 3.05) is 0 Å². The Morgan fingerprint density at radius 3 is 2.19 bits per heavy atom. The van der Waals surface area contributed by atoms with Crippen LogP contribution in [0, 0.1) is 5.41 Å². The van der Waals surface area contributed by atoms with Gasteiger partial charge in [0.25, 0.3) is 0 Å². The van der Waals surface area contributed by atoms with E-state index < -0.39 is 11.4 Å². The van der Waals surface area contributed by atoms with Crippen LogP contribution in [0.5, 0.6) is 0 Å². The van der Waals surface area contributed by atoms with Crippen molar-refractivity contribution in [3.8, 4) is 0 Å². The second-order valence-electron chi connectivity index (χ2n) is 5.72. The Kier molecular flexibility index (Phi) is 4.96. The molecule has 0 aromatic heterocycles.